The molecule has 18 heavy (non-hydrogen) atoms. The lowest BCUT2D eigenvalue weighted by molar-refractivity contribution is -0.143. The summed E-state index contributed by atoms with van der Waals surface area (Å²) in [5.74, 6) is 0.740. The second-order valence-electron chi connectivity index (χ2n) is 4.62. The number of hydrogen-bond donors (Lipinski definition) is 2. The van der Waals surface area contributed by atoms with E-state index in [0.29, 0.717) is 30.4 Å². The molecule has 1 saturated heterocycles. The van der Waals surface area contributed by atoms with Crippen LogP contribution < -0.4 is 10.5 Å². The van der Waals surface area contributed by atoms with Crippen molar-refractivity contribution in [2.24, 2.45) is 0 Å². The van der Waals surface area contributed by atoms with E-state index in [2.05, 4.69) is 0 Å². The summed E-state index contributed by atoms with van der Waals surface area (Å²) in [4.78, 5) is 13.2. The van der Waals surface area contributed by atoms with Gasteiger partial charge in [0.2, 0.25) is 0 Å². The second-order valence-corrected chi connectivity index (χ2v) is 4.62. The van der Waals surface area contributed by atoms with Crippen molar-refractivity contribution < 1.29 is 14.6 Å². The molecule has 0 saturated carbocycles. The summed E-state index contributed by atoms with van der Waals surface area (Å²) < 4.78 is 5.17. The van der Waals surface area contributed by atoms with Crippen LogP contribution in [0.25, 0.3) is 0 Å². The van der Waals surface area contributed by atoms with Crippen molar-refractivity contribution in [1.29, 1.82) is 0 Å². The molecule has 0 spiro atoms. The lowest BCUT2D eigenvalue weighted by Gasteiger charge is -2.40. The molecule has 2 rings (SSSR count). The highest BCUT2D eigenvalue weighted by Gasteiger charge is 2.33. The SMILES string of the molecule is COc1cc(C2CN(C(=O)[C@H](C)O)C2)ccc1N. The molecule has 0 unspecified atom stereocenters. The van der Waals surface area contributed by atoms with Crippen molar-refractivity contribution in [2.45, 2.75) is 18.9 Å². The van der Waals surface area contributed by atoms with Crippen LogP contribution in [0.5, 0.6) is 5.75 Å². The minimum atomic E-state index is -0.924. The lowest BCUT2D eigenvalue weighted by Crippen LogP contribution is -2.51. The van der Waals surface area contributed by atoms with Gasteiger partial charge in [0.1, 0.15) is 11.9 Å². The number of nitrogens with two attached hydrogens (primary N) is 1. The first-order valence-corrected chi connectivity index (χ1v) is 5.93. The molecule has 1 aliphatic rings. The van der Waals surface area contributed by atoms with Crippen molar-refractivity contribution >= 4 is 11.6 Å². The molecule has 0 radical (unpaired) electrons. The number of benzene rings is 1. The van der Waals surface area contributed by atoms with E-state index in [-0.39, 0.29) is 5.91 Å². The van der Waals surface area contributed by atoms with Gasteiger partial charge < -0.3 is 20.5 Å². The smallest absolute Gasteiger partial charge is 0.251 e. The van der Waals surface area contributed by atoms with E-state index in [0.717, 1.165) is 5.56 Å². The zero-order chi connectivity index (χ0) is 13.3. The van der Waals surface area contributed by atoms with Gasteiger partial charge in [0.25, 0.3) is 5.91 Å². The number of likely N-dealkylation sites (tertiary alicyclic amines) is 1. The first-order valence-electron chi connectivity index (χ1n) is 5.93. The fourth-order valence-corrected chi connectivity index (χ4v) is 2.12. The Hall–Kier alpha value is -1.75. The molecular weight excluding hydrogens is 232 g/mol. The van der Waals surface area contributed by atoms with Crippen molar-refractivity contribution in [3.05, 3.63) is 23.8 Å². The Labute approximate surface area is 106 Å². The summed E-state index contributed by atoms with van der Waals surface area (Å²) in [6.45, 7) is 2.76. The molecule has 98 valence electrons. The lowest BCUT2D eigenvalue weighted by atomic mass is 9.90. The van der Waals surface area contributed by atoms with Crippen molar-refractivity contribution in [1.82, 2.24) is 4.90 Å². The third kappa shape index (κ3) is 2.26. The van der Waals surface area contributed by atoms with Crippen LogP contribution in [0.2, 0.25) is 0 Å². The van der Waals surface area contributed by atoms with Crippen LogP contribution in [-0.4, -0.2) is 42.2 Å². The van der Waals surface area contributed by atoms with Gasteiger partial charge in [0.05, 0.1) is 12.8 Å². The zero-order valence-electron chi connectivity index (χ0n) is 10.6. The molecule has 5 nitrogen and oxygen atoms in total. The third-order valence-electron chi connectivity index (χ3n) is 3.28. The predicted octanol–water partition coefficient (Wildman–Crippen LogP) is 0.584. The highest BCUT2D eigenvalue weighted by atomic mass is 16.5. The minimum absolute atomic E-state index is 0.214. The summed E-state index contributed by atoms with van der Waals surface area (Å²) in [5.41, 5.74) is 7.47. The minimum Gasteiger partial charge on any atom is -0.495 e. The predicted molar refractivity (Wildman–Crippen MR) is 68.4 cm³/mol. The maximum absolute atomic E-state index is 11.5. The maximum Gasteiger partial charge on any atom is 0.251 e. The molecular formula is C13H18N2O3. The van der Waals surface area contributed by atoms with Crippen LogP contribution in [0.15, 0.2) is 18.2 Å². The Morgan fingerprint density at radius 3 is 2.78 bits per heavy atom. The number of hydrogen-bond acceptors (Lipinski definition) is 4. The van der Waals surface area contributed by atoms with Crippen LogP contribution in [0.3, 0.4) is 0 Å². The van der Waals surface area contributed by atoms with Gasteiger partial charge in [-0.25, -0.2) is 0 Å². The Morgan fingerprint density at radius 1 is 1.56 bits per heavy atom. The normalized spacial score (nSPS) is 17.2. The Bertz CT molecular complexity index is 454. The van der Waals surface area contributed by atoms with Crippen molar-refractivity contribution in [3.8, 4) is 5.75 Å². The molecule has 0 aliphatic carbocycles. The summed E-state index contributed by atoms with van der Waals surface area (Å²) in [6, 6.07) is 5.67. The highest BCUT2D eigenvalue weighted by molar-refractivity contribution is 5.81. The molecule has 1 aromatic carbocycles. The molecule has 1 amide bonds. The van der Waals surface area contributed by atoms with E-state index >= 15 is 0 Å². The molecule has 0 aromatic heterocycles. The van der Waals surface area contributed by atoms with E-state index in [1.54, 1.807) is 12.0 Å². The first-order chi connectivity index (χ1) is 8.52. The number of ether oxygens (including phenoxy) is 1. The van der Waals surface area contributed by atoms with Crippen LogP contribution in [0, 0.1) is 0 Å². The Morgan fingerprint density at radius 2 is 2.22 bits per heavy atom. The largest absolute Gasteiger partial charge is 0.495 e. The van der Waals surface area contributed by atoms with E-state index < -0.39 is 6.10 Å². The van der Waals surface area contributed by atoms with Crippen LogP contribution in [0.4, 0.5) is 5.69 Å². The average Bonchev–Trinajstić information content (AvgIpc) is 2.28. The molecule has 3 N–H and O–H groups in total. The van der Waals surface area contributed by atoms with Gasteiger partial charge in [0, 0.05) is 19.0 Å². The van der Waals surface area contributed by atoms with E-state index in [1.807, 2.05) is 18.2 Å². The van der Waals surface area contributed by atoms with Gasteiger partial charge >= 0.3 is 0 Å². The van der Waals surface area contributed by atoms with Gasteiger partial charge in [-0.1, -0.05) is 6.07 Å². The molecule has 1 aliphatic heterocycles. The van der Waals surface area contributed by atoms with Gasteiger partial charge in [-0.15, -0.1) is 0 Å². The molecule has 1 aromatic rings. The van der Waals surface area contributed by atoms with Gasteiger partial charge in [-0.05, 0) is 24.6 Å². The Balaban J connectivity index is 2.02. The topological polar surface area (TPSA) is 75.8 Å². The molecule has 1 atom stereocenters. The van der Waals surface area contributed by atoms with Gasteiger partial charge in [-0.2, -0.15) is 0 Å². The molecule has 1 fully saturated rings. The number of rotatable bonds is 3. The number of methoxy groups -OCH3 is 1. The third-order valence-corrected chi connectivity index (χ3v) is 3.28. The first kappa shape index (κ1) is 12.7. The zero-order valence-corrected chi connectivity index (χ0v) is 10.6. The number of carbonyl (C=O) groups is 1. The summed E-state index contributed by atoms with van der Waals surface area (Å²) in [7, 11) is 1.58. The fourth-order valence-electron chi connectivity index (χ4n) is 2.12. The fraction of sp³-hybridized carbons (Fsp3) is 0.462. The molecule has 0 bridgehead atoms. The quantitative estimate of drug-likeness (QED) is 0.770. The number of anilines is 1. The van der Waals surface area contributed by atoms with Crippen molar-refractivity contribution in [2.75, 3.05) is 25.9 Å². The number of nitrogens with zero attached hydrogens (tertiary/aromatic N) is 1. The molecule has 1 heterocycles. The number of carbonyl (C=O) groups excluding carboxylic acids is 1. The number of nitrogen functional groups attached to an aromatic ring is 1. The van der Waals surface area contributed by atoms with Gasteiger partial charge in [-0.3, -0.25) is 4.79 Å². The number of aliphatic hydroxyl groups is 1. The number of amides is 1. The van der Waals surface area contributed by atoms with E-state index in [4.69, 9.17) is 10.5 Å². The highest BCUT2D eigenvalue weighted by Crippen LogP contribution is 2.32. The van der Waals surface area contributed by atoms with Crippen LogP contribution in [-0.2, 0) is 4.79 Å². The van der Waals surface area contributed by atoms with Crippen LogP contribution >= 0.6 is 0 Å². The average molecular weight is 250 g/mol. The van der Waals surface area contributed by atoms with Crippen LogP contribution in [0.1, 0.15) is 18.4 Å². The monoisotopic (exact) mass is 250 g/mol. The number of aliphatic hydroxyl groups excluding tert-OH is 1. The summed E-state index contributed by atoms with van der Waals surface area (Å²) in [5, 5.41) is 9.20. The standard InChI is InChI=1S/C13H18N2O3/c1-8(16)13(17)15-6-10(7-15)9-3-4-11(14)12(5-9)18-2/h3-5,8,10,16H,6-7,14H2,1-2H3/t8-/m0/s1. The van der Waals surface area contributed by atoms with Gasteiger partial charge in [0.15, 0.2) is 0 Å². The van der Waals surface area contributed by atoms with E-state index in [1.165, 1.54) is 6.92 Å². The second kappa shape index (κ2) is 4.86. The van der Waals surface area contributed by atoms with Crippen molar-refractivity contribution in [3.63, 3.8) is 0 Å². The summed E-state index contributed by atoms with van der Waals surface area (Å²) in [6.07, 6.45) is -0.924. The maximum atomic E-state index is 11.5. The van der Waals surface area contributed by atoms with E-state index in [9.17, 15) is 9.90 Å². The Kier molecular flexibility index (Phi) is 3.43. The summed E-state index contributed by atoms with van der Waals surface area (Å²) >= 11 is 0. The molecule has 5 heteroatoms.